The standard InChI is InChI=1S/C15H16O3/c1-6-10(16)4-8-11(6)13-12(7(2)14(17)18-13)9-5-15(8,9)3/h8-9,12-13H,2,4-5H2,1,3H3/t8-,9+,12+,13-,15-/m0/s1. The molecule has 0 bridgehead atoms. The molecule has 3 nitrogen and oxygen atoms in total. The maximum absolute atomic E-state index is 12.0. The van der Waals surface area contributed by atoms with Crippen LogP contribution in [0.3, 0.4) is 0 Å². The van der Waals surface area contributed by atoms with Gasteiger partial charge in [0.05, 0.1) is 0 Å². The molecule has 0 aromatic rings. The van der Waals surface area contributed by atoms with Crippen molar-refractivity contribution >= 4 is 11.8 Å². The Labute approximate surface area is 106 Å². The van der Waals surface area contributed by atoms with Crippen molar-refractivity contribution in [3.63, 3.8) is 0 Å². The highest BCUT2D eigenvalue weighted by Crippen LogP contribution is 2.72. The van der Waals surface area contributed by atoms with E-state index in [9.17, 15) is 9.59 Å². The van der Waals surface area contributed by atoms with E-state index < -0.39 is 0 Å². The summed E-state index contributed by atoms with van der Waals surface area (Å²) >= 11 is 0. The third-order valence-electron chi connectivity index (χ3n) is 5.72. The van der Waals surface area contributed by atoms with E-state index in [0.29, 0.717) is 23.8 Å². The van der Waals surface area contributed by atoms with Crippen molar-refractivity contribution in [2.24, 2.45) is 23.2 Å². The molecule has 2 saturated carbocycles. The molecule has 0 amide bonds. The van der Waals surface area contributed by atoms with Crippen LogP contribution < -0.4 is 0 Å². The van der Waals surface area contributed by atoms with Crippen LogP contribution in [0, 0.1) is 23.2 Å². The van der Waals surface area contributed by atoms with Crippen LogP contribution in [0.2, 0.25) is 0 Å². The van der Waals surface area contributed by atoms with Crippen molar-refractivity contribution in [1.29, 1.82) is 0 Å². The Morgan fingerprint density at radius 1 is 1.39 bits per heavy atom. The maximum atomic E-state index is 12.0. The van der Waals surface area contributed by atoms with Crippen molar-refractivity contribution in [3.05, 3.63) is 23.3 Å². The number of ketones is 1. The van der Waals surface area contributed by atoms with E-state index >= 15 is 0 Å². The second-order valence-electron chi connectivity index (χ2n) is 6.45. The van der Waals surface area contributed by atoms with Crippen LogP contribution in [0.15, 0.2) is 23.3 Å². The number of carbonyl (C=O) groups is 2. The number of hydrogen-bond donors (Lipinski definition) is 0. The molecule has 0 aromatic carbocycles. The number of esters is 1. The molecule has 0 unspecified atom stereocenters. The van der Waals surface area contributed by atoms with Crippen molar-refractivity contribution in [2.45, 2.75) is 32.8 Å². The number of ether oxygens (including phenoxy) is 1. The molecule has 1 heterocycles. The second kappa shape index (κ2) is 2.79. The van der Waals surface area contributed by atoms with Crippen LogP contribution in [-0.2, 0) is 14.3 Å². The quantitative estimate of drug-likeness (QED) is 0.483. The predicted molar refractivity (Wildman–Crippen MR) is 64.5 cm³/mol. The number of carbonyl (C=O) groups excluding carboxylic acids is 2. The van der Waals surface area contributed by atoms with Crippen LogP contribution in [-0.4, -0.2) is 17.9 Å². The summed E-state index contributed by atoms with van der Waals surface area (Å²) in [6.45, 7) is 8.04. The molecule has 0 spiro atoms. The molecule has 1 saturated heterocycles. The predicted octanol–water partition coefficient (Wildman–Crippen LogP) is 2.03. The van der Waals surface area contributed by atoms with Gasteiger partial charge >= 0.3 is 5.97 Å². The zero-order chi connectivity index (χ0) is 12.8. The minimum atomic E-state index is -0.264. The fourth-order valence-corrected chi connectivity index (χ4v) is 4.52. The molecule has 0 N–H and O–H groups in total. The summed E-state index contributed by atoms with van der Waals surface area (Å²) in [5.74, 6) is 0.870. The minimum Gasteiger partial charge on any atom is -0.454 e. The summed E-state index contributed by atoms with van der Waals surface area (Å²) in [5.41, 5.74) is 2.75. The van der Waals surface area contributed by atoms with Crippen molar-refractivity contribution in [2.75, 3.05) is 0 Å². The Hall–Kier alpha value is -1.38. The largest absolute Gasteiger partial charge is 0.454 e. The number of allylic oxidation sites excluding steroid dienone is 1. The maximum Gasteiger partial charge on any atom is 0.334 e. The van der Waals surface area contributed by atoms with Gasteiger partial charge in [-0.1, -0.05) is 13.5 Å². The lowest BCUT2D eigenvalue weighted by Gasteiger charge is -2.35. The first-order valence-electron chi connectivity index (χ1n) is 6.59. The lowest BCUT2D eigenvalue weighted by Crippen LogP contribution is -2.35. The third kappa shape index (κ3) is 0.943. The van der Waals surface area contributed by atoms with E-state index in [4.69, 9.17) is 4.74 Å². The molecular weight excluding hydrogens is 228 g/mol. The summed E-state index contributed by atoms with van der Waals surface area (Å²) in [5, 5.41) is 0. The molecule has 18 heavy (non-hydrogen) atoms. The van der Waals surface area contributed by atoms with Crippen LogP contribution in [0.5, 0.6) is 0 Å². The van der Waals surface area contributed by atoms with E-state index in [2.05, 4.69) is 13.5 Å². The van der Waals surface area contributed by atoms with E-state index in [1.54, 1.807) is 0 Å². The van der Waals surface area contributed by atoms with Crippen molar-refractivity contribution in [3.8, 4) is 0 Å². The smallest absolute Gasteiger partial charge is 0.334 e. The van der Waals surface area contributed by atoms with Crippen LogP contribution in [0.1, 0.15) is 26.7 Å². The molecular formula is C15H16O3. The van der Waals surface area contributed by atoms with Gasteiger partial charge in [-0.15, -0.1) is 0 Å². The topological polar surface area (TPSA) is 43.4 Å². The van der Waals surface area contributed by atoms with Crippen molar-refractivity contribution in [1.82, 2.24) is 0 Å². The van der Waals surface area contributed by atoms with Gasteiger partial charge in [-0.2, -0.15) is 0 Å². The van der Waals surface area contributed by atoms with Gasteiger partial charge in [-0.05, 0) is 41.7 Å². The van der Waals surface area contributed by atoms with Gasteiger partial charge in [0.15, 0.2) is 5.78 Å². The Morgan fingerprint density at radius 2 is 2.11 bits per heavy atom. The normalized spacial score (nSPS) is 48.9. The summed E-state index contributed by atoms with van der Waals surface area (Å²) in [6, 6.07) is 0. The second-order valence-corrected chi connectivity index (χ2v) is 6.45. The van der Waals surface area contributed by atoms with Crippen molar-refractivity contribution < 1.29 is 14.3 Å². The zero-order valence-corrected chi connectivity index (χ0v) is 10.7. The van der Waals surface area contributed by atoms with Gasteiger partial charge in [0, 0.05) is 17.9 Å². The van der Waals surface area contributed by atoms with Gasteiger partial charge in [0.25, 0.3) is 0 Å². The molecule has 3 aliphatic carbocycles. The van der Waals surface area contributed by atoms with E-state index in [0.717, 1.165) is 17.6 Å². The fourth-order valence-electron chi connectivity index (χ4n) is 4.52. The summed E-state index contributed by atoms with van der Waals surface area (Å²) in [4.78, 5) is 23.7. The lowest BCUT2D eigenvalue weighted by molar-refractivity contribution is -0.138. The third-order valence-corrected chi connectivity index (χ3v) is 5.72. The fraction of sp³-hybridized carbons (Fsp3) is 0.600. The summed E-state index contributed by atoms with van der Waals surface area (Å²) in [6.07, 6.45) is 1.52. The minimum absolute atomic E-state index is 0.120. The highest BCUT2D eigenvalue weighted by atomic mass is 16.6. The monoisotopic (exact) mass is 244 g/mol. The van der Waals surface area contributed by atoms with Gasteiger partial charge in [0.1, 0.15) is 6.10 Å². The molecule has 5 atom stereocenters. The van der Waals surface area contributed by atoms with Gasteiger partial charge in [-0.25, -0.2) is 4.79 Å². The highest BCUT2D eigenvalue weighted by Gasteiger charge is 2.70. The molecule has 94 valence electrons. The summed E-state index contributed by atoms with van der Waals surface area (Å²) < 4.78 is 5.50. The zero-order valence-electron chi connectivity index (χ0n) is 10.7. The molecule has 0 aromatic heterocycles. The number of Topliss-reactive ketones (excluding diaryl/α,β-unsaturated/α-hetero) is 1. The van der Waals surface area contributed by atoms with E-state index in [1.165, 1.54) is 0 Å². The SMILES string of the molecule is C=C1C(=O)O[C@H]2C3=C(C)C(=O)C[C@@H]3[C@]3(C)C[C@@H]3[C@@H]12. The van der Waals surface area contributed by atoms with Gasteiger partial charge in [-0.3, -0.25) is 4.79 Å². The van der Waals surface area contributed by atoms with Crippen LogP contribution in [0.25, 0.3) is 0 Å². The molecule has 3 fully saturated rings. The molecule has 4 aliphatic rings. The Morgan fingerprint density at radius 3 is 2.83 bits per heavy atom. The van der Waals surface area contributed by atoms with Crippen LogP contribution >= 0.6 is 0 Å². The number of fused-ring (bicyclic) bond motifs is 6. The highest BCUT2D eigenvalue weighted by molar-refractivity contribution is 6.00. The molecule has 4 rings (SSSR count). The van der Waals surface area contributed by atoms with Gasteiger partial charge in [0.2, 0.25) is 0 Å². The first-order chi connectivity index (χ1) is 8.45. The molecule has 1 aliphatic heterocycles. The average Bonchev–Trinajstić information content (AvgIpc) is 2.79. The molecule has 0 radical (unpaired) electrons. The first-order valence-corrected chi connectivity index (χ1v) is 6.59. The average molecular weight is 244 g/mol. The number of rotatable bonds is 0. The molecule has 3 heteroatoms. The number of hydrogen-bond acceptors (Lipinski definition) is 3. The van der Waals surface area contributed by atoms with Gasteiger partial charge < -0.3 is 4.74 Å². The van der Waals surface area contributed by atoms with E-state index in [-0.39, 0.29) is 29.2 Å². The Kier molecular flexibility index (Phi) is 1.63. The Balaban J connectivity index is 1.90. The summed E-state index contributed by atoms with van der Waals surface area (Å²) in [7, 11) is 0. The first kappa shape index (κ1) is 10.5. The lowest BCUT2D eigenvalue weighted by atomic mass is 9.69. The van der Waals surface area contributed by atoms with E-state index in [1.807, 2.05) is 6.92 Å². The Bertz CT molecular complexity index is 556. The van der Waals surface area contributed by atoms with Crippen LogP contribution in [0.4, 0.5) is 0 Å².